The Morgan fingerprint density at radius 1 is 1.00 bits per heavy atom. The van der Waals surface area contributed by atoms with Crippen LogP contribution in [-0.2, 0) is 9.84 Å². The van der Waals surface area contributed by atoms with E-state index in [2.05, 4.69) is 37.7 Å². The van der Waals surface area contributed by atoms with Gasteiger partial charge in [-0.3, -0.25) is 10.3 Å². The van der Waals surface area contributed by atoms with Crippen molar-refractivity contribution in [2.24, 2.45) is 0 Å². The van der Waals surface area contributed by atoms with Gasteiger partial charge in [-0.05, 0) is 44.3 Å². The molecule has 9 nitrogen and oxygen atoms in total. The molecule has 4 rings (SSSR count). The number of nitrogens with zero attached hydrogens (tertiary/aromatic N) is 5. The molecule has 1 saturated heterocycles. The highest BCUT2D eigenvalue weighted by atomic mass is 32.2. The first-order valence-electron chi connectivity index (χ1n) is 10.7. The molecule has 0 amide bonds. The minimum absolute atomic E-state index is 0.157. The summed E-state index contributed by atoms with van der Waals surface area (Å²) in [5.74, 6) is 0.837. The molecule has 0 saturated carbocycles. The summed E-state index contributed by atoms with van der Waals surface area (Å²) in [5.41, 5.74) is 4.01. The number of aryl methyl sites for hydroxylation is 1. The maximum Gasteiger partial charge on any atom is 0.210 e. The van der Waals surface area contributed by atoms with E-state index in [0.29, 0.717) is 18.2 Å². The summed E-state index contributed by atoms with van der Waals surface area (Å²) in [5, 5.41) is 7.47. The molecule has 0 unspecified atom stereocenters. The smallest absolute Gasteiger partial charge is 0.210 e. The summed E-state index contributed by atoms with van der Waals surface area (Å²) in [4.78, 5) is 11.3. The van der Waals surface area contributed by atoms with Crippen LogP contribution in [0.25, 0.3) is 0 Å². The molecule has 1 fully saturated rings. The van der Waals surface area contributed by atoms with E-state index in [9.17, 15) is 8.42 Å². The molecule has 0 aliphatic carbocycles. The second-order valence-corrected chi connectivity index (χ2v) is 9.85. The van der Waals surface area contributed by atoms with E-state index in [1.807, 2.05) is 13.0 Å². The Labute approximate surface area is 189 Å². The van der Waals surface area contributed by atoms with Crippen LogP contribution in [0.5, 0.6) is 0 Å². The van der Waals surface area contributed by atoms with Gasteiger partial charge in [0.15, 0.2) is 0 Å². The van der Waals surface area contributed by atoms with Crippen LogP contribution in [0.1, 0.15) is 5.69 Å². The first-order valence-corrected chi connectivity index (χ1v) is 12.2. The standard InChI is InChI=1S/C22H29N7O2S/c1-18-10-11-24-29(18)26-21-9-8-20(32(30,31)19-6-4-3-5-7-19)22(25-21)23-12-13-28-16-14-27(2)15-17-28/h3-11H,12-17H2,1-2H3,(H2,23,25,26). The van der Waals surface area contributed by atoms with Gasteiger partial charge in [0.05, 0.1) is 16.8 Å². The molecular weight excluding hydrogens is 426 g/mol. The Morgan fingerprint density at radius 3 is 2.44 bits per heavy atom. The summed E-state index contributed by atoms with van der Waals surface area (Å²) in [6, 6.07) is 13.6. The van der Waals surface area contributed by atoms with Crippen molar-refractivity contribution < 1.29 is 8.42 Å². The molecule has 3 aromatic rings. The highest BCUT2D eigenvalue weighted by molar-refractivity contribution is 7.91. The highest BCUT2D eigenvalue weighted by Gasteiger charge is 2.23. The van der Waals surface area contributed by atoms with Gasteiger partial charge in [0.1, 0.15) is 16.5 Å². The van der Waals surface area contributed by atoms with Crippen LogP contribution in [-0.4, -0.2) is 79.4 Å². The van der Waals surface area contributed by atoms with Crippen molar-refractivity contribution in [3.63, 3.8) is 0 Å². The van der Waals surface area contributed by atoms with Gasteiger partial charge in [0, 0.05) is 39.3 Å². The zero-order chi connectivity index (χ0) is 22.6. The SMILES string of the molecule is Cc1ccnn1Nc1ccc(S(=O)(=O)c2ccccc2)c(NCCN2CCN(C)CC2)n1. The van der Waals surface area contributed by atoms with Gasteiger partial charge in [0.2, 0.25) is 9.84 Å². The van der Waals surface area contributed by atoms with Crippen molar-refractivity contribution >= 4 is 21.5 Å². The quantitative estimate of drug-likeness (QED) is 0.532. The molecule has 2 aromatic heterocycles. The first-order chi connectivity index (χ1) is 15.4. The lowest BCUT2D eigenvalue weighted by Gasteiger charge is -2.32. The second-order valence-electron chi connectivity index (χ2n) is 7.93. The van der Waals surface area contributed by atoms with Gasteiger partial charge in [-0.25, -0.2) is 13.4 Å². The van der Waals surface area contributed by atoms with Crippen LogP contribution < -0.4 is 10.7 Å². The Kier molecular flexibility index (Phi) is 6.73. The maximum absolute atomic E-state index is 13.3. The number of nitrogens with one attached hydrogen (secondary N) is 2. The number of likely N-dealkylation sites (N-methyl/N-ethyl adjacent to an activating group) is 1. The Hall–Kier alpha value is -2.95. The molecule has 1 aromatic carbocycles. The van der Waals surface area contributed by atoms with Crippen LogP contribution in [0.3, 0.4) is 0 Å². The molecule has 32 heavy (non-hydrogen) atoms. The third-order valence-electron chi connectivity index (χ3n) is 5.57. The van der Waals surface area contributed by atoms with Gasteiger partial charge in [-0.1, -0.05) is 18.2 Å². The van der Waals surface area contributed by atoms with Gasteiger partial charge in [0.25, 0.3) is 0 Å². The van der Waals surface area contributed by atoms with Gasteiger partial charge in [-0.2, -0.15) is 9.89 Å². The predicted molar refractivity (Wildman–Crippen MR) is 125 cm³/mol. The lowest BCUT2D eigenvalue weighted by molar-refractivity contribution is 0.158. The normalized spacial score (nSPS) is 15.6. The number of rotatable bonds is 8. The molecule has 0 bridgehead atoms. The van der Waals surface area contributed by atoms with Crippen molar-refractivity contribution in [3.05, 3.63) is 60.4 Å². The molecule has 1 aliphatic heterocycles. The fraction of sp³-hybridized carbons (Fsp3) is 0.364. The van der Waals surface area contributed by atoms with Crippen molar-refractivity contribution in [1.29, 1.82) is 0 Å². The fourth-order valence-corrected chi connectivity index (χ4v) is 4.97. The van der Waals surface area contributed by atoms with E-state index in [1.165, 1.54) is 0 Å². The van der Waals surface area contributed by atoms with Crippen molar-refractivity contribution in [1.82, 2.24) is 24.7 Å². The molecule has 0 atom stereocenters. The number of benzene rings is 1. The van der Waals surface area contributed by atoms with Crippen LogP contribution >= 0.6 is 0 Å². The van der Waals surface area contributed by atoms with E-state index in [-0.39, 0.29) is 9.79 Å². The topological polar surface area (TPSA) is 95.4 Å². The lowest BCUT2D eigenvalue weighted by atomic mass is 10.3. The average molecular weight is 456 g/mol. The molecule has 0 spiro atoms. The van der Waals surface area contributed by atoms with Crippen LogP contribution in [0, 0.1) is 6.92 Å². The Balaban J connectivity index is 1.58. The van der Waals surface area contributed by atoms with E-state index in [0.717, 1.165) is 38.4 Å². The molecule has 10 heteroatoms. The zero-order valence-corrected chi connectivity index (χ0v) is 19.2. The van der Waals surface area contributed by atoms with Crippen molar-refractivity contribution in [2.75, 3.05) is 57.1 Å². The van der Waals surface area contributed by atoms with Crippen LogP contribution in [0.4, 0.5) is 11.6 Å². The first kappa shape index (κ1) is 22.3. The Morgan fingerprint density at radius 2 is 1.75 bits per heavy atom. The van der Waals surface area contributed by atoms with Crippen molar-refractivity contribution in [2.45, 2.75) is 16.7 Å². The molecule has 3 heterocycles. The largest absolute Gasteiger partial charge is 0.368 e. The van der Waals surface area contributed by atoms with Crippen LogP contribution in [0.15, 0.2) is 64.5 Å². The molecule has 170 valence electrons. The number of sulfone groups is 1. The minimum atomic E-state index is -3.71. The summed E-state index contributed by atoms with van der Waals surface area (Å²) in [6.07, 6.45) is 1.69. The fourth-order valence-electron chi connectivity index (χ4n) is 3.58. The highest BCUT2D eigenvalue weighted by Crippen LogP contribution is 2.28. The number of anilines is 2. The van der Waals surface area contributed by atoms with E-state index in [1.54, 1.807) is 53.5 Å². The van der Waals surface area contributed by atoms with Gasteiger partial charge < -0.3 is 10.2 Å². The van der Waals surface area contributed by atoms with E-state index >= 15 is 0 Å². The number of pyridine rings is 1. The van der Waals surface area contributed by atoms with E-state index < -0.39 is 9.84 Å². The zero-order valence-electron chi connectivity index (χ0n) is 18.4. The molecule has 2 N–H and O–H groups in total. The van der Waals surface area contributed by atoms with Crippen LogP contribution in [0.2, 0.25) is 0 Å². The van der Waals surface area contributed by atoms with Crippen molar-refractivity contribution in [3.8, 4) is 0 Å². The summed E-state index contributed by atoms with van der Waals surface area (Å²) >= 11 is 0. The number of aromatic nitrogens is 3. The molecular formula is C22H29N7O2S. The Bertz CT molecular complexity index is 1140. The third kappa shape index (κ3) is 5.09. The summed E-state index contributed by atoms with van der Waals surface area (Å²) in [7, 11) is -1.59. The second kappa shape index (κ2) is 9.68. The minimum Gasteiger partial charge on any atom is -0.368 e. The monoisotopic (exact) mass is 455 g/mol. The average Bonchev–Trinajstić information content (AvgIpc) is 3.20. The number of hydrogen-bond acceptors (Lipinski definition) is 8. The van der Waals surface area contributed by atoms with Gasteiger partial charge >= 0.3 is 0 Å². The van der Waals surface area contributed by atoms with E-state index in [4.69, 9.17) is 0 Å². The molecule has 0 radical (unpaired) electrons. The predicted octanol–water partition coefficient (Wildman–Crippen LogP) is 1.95. The van der Waals surface area contributed by atoms with Gasteiger partial charge in [-0.15, -0.1) is 0 Å². The summed E-state index contributed by atoms with van der Waals surface area (Å²) < 4.78 is 26.6. The molecule has 1 aliphatic rings. The maximum atomic E-state index is 13.3. The third-order valence-corrected chi connectivity index (χ3v) is 7.37. The number of piperazine rings is 1. The lowest BCUT2D eigenvalue weighted by Crippen LogP contribution is -2.45. The number of hydrogen-bond donors (Lipinski definition) is 2. The summed E-state index contributed by atoms with van der Waals surface area (Å²) in [6.45, 7) is 7.41.